The van der Waals surface area contributed by atoms with Crippen LogP contribution in [0.4, 0.5) is 4.79 Å². The number of nitrogens with one attached hydrogen (secondary N) is 1. The summed E-state index contributed by atoms with van der Waals surface area (Å²) in [5, 5.41) is 3.79. The molecule has 0 saturated carbocycles. The highest BCUT2D eigenvalue weighted by Crippen LogP contribution is 2.25. The normalized spacial score (nSPS) is 10.9. The van der Waals surface area contributed by atoms with E-state index in [2.05, 4.69) is 51.1 Å². The molecule has 0 aliphatic heterocycles. The van der Waals surface area contributed by atoms with Gasteiger partial charge in [0.15, 0.2) is 0 Å². The first-order valence-corrected chi connectivity index (χ1v) is 8.57. The molecule has 2 rings (SSSR count). The maximum absolute atomic E-state index is 11.5. The number of nitrogens with zero attached hydrogens (tertiary/aromatic N) is 1. The number of rotatable bonds is 2. The number of pyridine rings is 1. The number of aryl methyl sites for hydroxylation is 1. The SMILES string of the molecule is Cc1ccc(Br)c2nc(C#CCCNC(=O)OC(C)(C)C)ccc12. The topological polar surface area (TPSA) is 51.2 Å². The lowest BCUT2D eigenvalue weighted by atomic mass is 10.1. The second-order valence-electron chi connectivity index (χ2n) is 6.44. The van der Waals surface area contributed by atoms with Gasteiger partial charge in [0.2, 0.25) is 0 Å². The molecule has 1 aromatic heterocycles. The molecule has 2 aromatic rings. The Kier molecular flexibility index (Phi) is 5.84. The van der Waals surface area contributed by atoms with Crippen LogP contribution in [0.3, 0.4) is 0 Å². The maximum Gasteiger partial charge on any atom is 0.407 e. The molecule has 0 fully saturated rings. The molecule has 0 saturated heterocycles. The number of halogens is 1. The number of fused-ring (bicyclic) bond motifs is 1. The summed E-state index contributed by atoms with van der Waals surface area (Å²) < 4.78 is 6.12. The molecule has 4 nitrogen and oxygen atoms in total. The molecular weight excluding hydrogens is 368 g/mol. The van der Waals surface area contributed by atoms with Crippen molar-refractivity contribution in [1.82, 2.24) is 10.3 Å². The van der Waals surface area contributed by atoms with Crippen molar-refractivity contribution >= 4 is 32.9 Å². The Hall–Kier alpha value is -2.06. The lowest BCUT2D eigenvalue weighted by molar-refractivity contribution is 0.0529. The van der Waals surface area contributed by atoms with Crippen LogP contribution in [-0.4, -0.2) is 23.2 Å². The van der Waals surface area contributed by atoms with Crippen molar-refractivity contribution in [2.24, 2.45) is 0 Å². The molecule has 24 heavy (non-hydrogen) atoms. The molecule has 0 spiro atoms. The monoisotopic (exact) mass is 388 g/mol. The smallest absolute Gasteiger partial charge is 0.407 e. The summed E-state index contributed by atoms with van der Waals surface area (Å²) in [5.41, 5.74) is 2.32. The summed E-state index contributed by atoms with van der Waals surface area (Å²) in [6.07, 6.45) is 0.112. The van der Waals surface area contributed by atoms with Crippen LogP contribution in [0, 0.1) is 18.8 Å². The van der Waals surface area contributed by atoms with Crippen molar-refractivity contribution in [3.63, 3.8) is 0 Å². The van der Waals surface area contributed by atoms with Gasteiger partial charge in [0, 0.05) is 22.8 Å². The highest BCUT2D eigenvalue weighted by atomic mass is 79.9. The number of benzene rings is 1. The van der Waals surface area contributed by atoms with Crippen LogP contribution in [0.15, 0.2) is 28.7 Å². The lowest BCUT2D eigenvalue weighted by Crippen LogP contribution is -2.32. The number of ether oxygens (including phenoxy) is 1. The first-order chi connectivity index (χ1) is 11.3. The Labute approximate surface area is 151 Å². The Balaban J connectivity index is 1.96. The van der Waals surface area contributed by atoms with E-state index >= 15 is 0 Å². The Morgan fingerprint density at radius 1 is 1.29 bits per heavy atom. The molecule has 1 heterocycles. The second kappa shape index (κ2) is 7.67. The first-order valence-electron chi connectivity index (χ1n) is 7.78. The van der Waals surface area contributed by atoms with Gasteiger partial charge in [-0.2, -0.15) is 0 Å². The first kappa shape index (κ1) is 18.3. The van der Waals surface area contributed by atoms with Crippen LogP contribution in [0.25, 0.3) is 10.9 Å². The molecule has 0 aliphatic carbocycles. The zero-order valence-corrected chi connectivity index (χ0v) is 16.0. The number of carbonyl (C=O) groups excluding carboxylic acids is 1. The summed E-state index contributed by atoms with van der Waals surface area (Å²) in [4.78, 5) is 16.1. The standard InChI is InChI=1S/C19H21BrN2O2/c1-13-8-11-16(20)17-15(13)10-9-14(22-17)7-5-6-12-21-18(23)24-19(2,3)4/h8-11H,6,12H2,1-4H3,(H,21,23). The van der Waals surface area contributed by atoms with Gasteiger partial charge in [0.25, 0.3) is 0 Å². The van der Waals surface area contributed by atoms with Crippen LogP contribution < -0.4 is 5.32 Å². The van der Waals surface area contributed by atoms with Crippen LogP contribution >= 0.6 is 15.9 Å². The van der Waals surface area contributed by atoms with Crippen LogP contribution in [0.5, 0.6) is 0 Å². The lowest BCUT2D eigenvalue weighted by Gasteiger charge is -2.19. The highest BCUT2D eigenvalue weighted by molar-refractivity contribution is 9.10. The molecular formula is C19H21BrN2O2. The molecule has 0 radical (unpaired) electrons. The predicted octanol–water partition coefficient (Wildman–Crippen LogP) is 4.57. The van der Waals surface area contributed by atoms with Crippen molar-refractivity contribution in [2.45, 2.75) is 39.7 Å². The second-order valence-corrected chi connectivity index (χ2v) is 7.29. The van der Waals surface area contributed by atoms with E-state index in [9.17, 15) is 4.79 Å². The summed E-state index contributed by atoms with van der Waals surface area (Å²) in [7, 11) is 0. The van der Waals surface area contributed by atoms with Crippen molar-refractivity contribution < 1.29 is 9.53 Å². The molecule has 0 atom stereocenters. The maximum atomic E-state index is 11.5. The number of hydrogen-bond acceptors (Lipinski definition) is 3. The fourth-order valence-electron chi connectivity index (χ4n) is 2.09. The van der Waals surface area contributed by atoms with Crippen molar-refractivity contribution in [3.8, 4) is 11.8 Å². The van der Waals surface area contributed by atoms with E-state index in [1.54, 1.807) is 0 Å². The molecule has 1 amide bonds. The largest absolute Gasteiger partial charge is 0.444 e. The third kappa shape index (κ3) is 5.24. The van der Waals surface area contributed by atoms with Gasteiger partial charge in [-0.15, -0.1) is 0 Å². The Bertz CT molecular complexity index is 814. The van der Waals surface area contributed by atoms with Crippen molar-refractivity contribution in [3.05, 3.63) is 40.0 Å². The zero-order chi connectivity index (χ0) is 17.7. The number of aromatic nitrogens is 1. The Morgan fingerprint density at radius 2 is 2.04 bits per heavy atom. The van der Waals surface area contributed by atoms with Crippen LogP contribution in [0.1, 0.15) is 38.4 Å². The quantitative estimate of drug-likeness (QED) is 0.605. The molecule has 0 bridgehead atoms. The molecule has 0 aliphatic rings. The average Bonchev–Trinajstić information content (AvgIpc) is 2.49. The van der Waals surface area contributed by atoms with E-state index in [1.807, 2.05) is 39.0 Å². The molecule has 5 heteroatoms. The zero-order valence-electron chi connectivity index (χ0n) is 14.4. The number of alkyl carbamates (subject to hydrolysis) is 1. The minimum absolute atomic E-state index is 0.424. The Morgan fingerprint density at radius 3 is 2.75 bits per heavy atom. The average molecular weight is 389 g/mol. The molecule has 0 unspecified atom stereocenters. The molecule has 126 valence electrons. The highest BCUT2D eigenvalue weighted by Gasteiger charge is 2.15. The third-order valence-corrected chi connectivity index (χ3v) is 3.80. The van der Waals surface area contributed by atoms with E-state index in [0.29, 0.717) is 18.7 Å². The van der Waals surface area contributed by atoms with E-state index in [-0.39, 0.29) is 0 Å². The number of carbonyl (C=O) groups is 1. The van der Waals surface area contributed by atoms with Crippen LogP contribution in [-0.2, 0) is 4.74 Å². The van der Waals surface area contributed by atoms with Gasteiger partial charge in [-0.25, -0.2) is 9.78 Å². The summed E-state index contributed by atoms with van der Waals surface area (Å²) in [6, 6.07) is 8.00. The summed E-state index contributed by atoms with van der Waals surface area (Å²) >= 11 is 3.53. The molecule has 1 aromatic carbocycles. The predicted molar refractivity (Wildman–Crippen MR) is 99.9 cm³/mol. The van der Waals surface area contributed by atoms with E-state index in [1.165, 1.54) is 5.56 Å². The minimum Gasteiger partial charge on any atom is -0.444 e. The van der Waals surface area contributed by atoms with E-state index in [4.69, 9.17) is 4.74 Å². The number of hydrogen-bond donors (Lipinski definition) is 1. The van der Waals surface area contributed by atoms with Gasteiger partial charge >= 0.3 is 6.09 Å². The summed E-state index contributed by atoms with van der Waals surface area (Å²) in [6.45, 7) is 8.00. The summed E-state index contributed by atoms with van der Waals surface area (Å²) in [5.74, 6) is 6.05. The third-order valence-electron chi connectivity index (χ3n) is 3.16. The van der Waals surface area contributed by atoms with Crippen molar-refractivity contribution in [2.75, 3.05) is 6.54 Å². The van der Waals surface area contributed by atoms with Crippen LogP contribution in [0.2, 0.25) is 0 Å². The number of amides is 1. The fourth-order valence-corrected chi connectivity index (χ4v) is 2.52. The van der Waals surface area contributed by atoms with Gasteiger partial charge in [0.05, 0.1) is 5.52 Å². The van der Waals surface area contributed by atoms with Gasteiger partial charge in [0.1, 0.15) is 11.3 Å². The van der Waals surface area contributed by atoms with Gasteiger partial charge in [-0.05, 0) is 73.3 Å². The van der Waals surface area contributed by atoms with Crippen molar-refractivity contribution in [1.29, 1.82) is 0 Å². The van der Waals surface area contributed by atoms with E-state index in [0.717, 1.165) is 15.4 Å². The fraction of sp³-hybridized carbons (Fsp3) is 0.368. The van der Waals surface area contributed by atoms with Gasteiger partial charge in [-0.1, -0.05) is 12.0 Å². The van der Waals surface area contributed by atoms with Gasteiger partial charge in [-0.3, -0.25) is 0 Å². The molecule has 1 N–H and O–H groups in total. The van der Waals surface area contributed by atoms with Gasteiger partial charge < -0.3 is 10.1 Å². The van der Waals surface area contributed by atoms with E-state index < -0.39 is 11.7 Å². The minimum atomic E-state index is -0.490.